The predicted octanol–water partition coefficient (Wildman–Crippen LogP) is 7.24. The number of benzene rings is 6. The molecular formula is C54H43N7O11S. The molecule has 19 heteroatoms. The van der Waals surface area contributed by atoms with Crippen molar-refractivity contribution in [2.75, 3.05) is 30.0 Å². The number of cyclic esters (lactones) is 1. The maximum absolute atomic E-state index is 16.7. The Balaban J connectivity index is 1.25. The average molecular weight is 998 g/mol. The summed E-state index contributed by atoms with van der Waals surface area (Å²) in [7, 11) is 0. The van der Waals surface area contributed by atoms with Crippen LogP contribution >= 0.6 is 11.3 Å². The number of rotatable bonds is 12. The number of carbonyl (C=O) groups excluding carboxylic acids is 5. The fourth-order valence-electron chi connectivity index (χ4n) is 10.2. The van der Waals surface area contributed by atoms with E-state index < -0.39 is 77.0 Å². The summed E-state index contributed by atoms with van der Waals surface area (Å²) in [5, 5.41) is 27.1. The van der Waals surface area contributed by atoms with E-state index >= 15 is 14.4 Å². The number of non-ortho nitro benzene ring substituents is 1. The Morgan fingerprint density at radius 2 is 1.58 bits per heavy atom. The third kappa shape index (κ3) is 8.73. The minimum Gasteiger partial charge on any atom is -0.491 e. The molecule has 73 heavy (non-hydrogen) atoms. The number of amides is 5. The second-order valence-electron chi connectivity index (χ2n) is 17.2. The number of nitrogens with zero attached hydrogens (tertiary/aromatic N) is 4. The molecular weight excluding hydrogens is 955 g/mol. The van der Waals surface area contributed by atoms with Crippen LogP contribution in [0.1, 0.15) is 51.6 Å². The van der Waals surface area contributed by atoms with Gasteiger partial charge in [-0.25, -0.2) is 19.5 Å². The van der Waals surface area contributed by atoms with Gasteiger partial charge in [-0.05, 0) is 70.8 Å². The number of carbonyl (C=O) groups is 5. The number of fused-ring (bicyclic) bond motifs is 4. The predicted molar refractivity (Wildman–Crippen MR) is 267 cm³/mol. The fraction of sp³-hybridized carbons (Fsp3) is 0.185. The molecule has 1 aromatic heterocycles. The van der Waals surface area contributed by atoms with Gasteiger partial charge in [-0.15, -0.1) is 0 Å². The molecule has 6 aromatic carbocycles. The highest BCUT2D eigenvalue weighted by atomic mass is 32.1. The Morgan fingerprint density at radius 3 is 2.29 bits per heavy atom. The molecule has 0 saturated carbocycles. The van der Waals surface area contributed by atoms with Crippen molar-refractivity contribution in [1.82, 2.24) is 15.2 Å². The number of nitro benzene ring substituents is 1. The van der Waals surface area contributed by atoms with Crippen LogP contribution < -0.4 is 26.0 Å². The largest absolute Gasteiger partial charge is 0.491 e. The molecule has 10 rings (SSSR count). The Labute approximate surface area is 420 Å². The summed E-state index contributed by atoms with van der Waals surface area (Å²) < 4.78 is 19.5. The first-order chi connectivity index (χ1) is 35.5. The first kappa shape index (κ1) is 47.7. The lowest BCUT2D eigenvalue weighted by Crippen LogP contribution is -2.54. The summed E-state index contributed by atoms with van der Waals surface area (Å²) >= 11 is 1.18. The lowest BCUT2D eigenvalue weighted by atomic mass is 9.65. The molecule has 5 N–H and O–H groups in total. The van der Waals surface area contributed by atoms with E-state index in [-0.39, 0.29) is 47.6 Å². The Kier molecular flexibility index (Phi) is 13.1. The fourth-order valence-corrected chi connectivity index (χ4v) is 11.1. The quantitative estimate of drug-likeness (QED) is 0.0409. The molecule has 4 heterocycles. The summed E-state index contributed by atoms with van der Waals surface area (Å²) in [6, 6.07) is 37.6. The topological polar surface area (TPSA) is 246 Å². The number of hydrogen-bond acceptors (Lipinski definition) is 14. The van der Waals surface area contributed by atoms with E-state index in [1.807, 2.05) is 77.7 Å². The van der Waals surface area contributed by atoms with E-state index in [0.29, 0.717) is 33.3 Å². The molecule has 7 aromatic rings. The maximum Gasteiger partial charge on any atom is 0.421 e. The minimum atomic E-state index is -2.27. The molecule has 366 valence electrons. The summed E-state index contributed by atoms with van der Waals surface area (Å²) in [5.41, 5.74) is 5.81. The molecule has 3 aliphatic rings. The van der Waals surface area contributed by atoms with Gasteiger partial charge in [0.25, 0.3) is 5.69 Å². The van der Waals surface area contributed by atoms with Crippen molar-refractivity contribution in [3.63, 3.8) is 0 Å². The number of primary amides is 1. The molecule has 2 fully saturated rings. The van der Waals surface area contributed by atoms with Gasteiger partial charge in [0, 0.05) is 23.3 Å². The molecule has 6 unspecified atom stereocenters. The zero-order chi connectivity index (χ0) is 50.8. The second-order valence-corrected chi connectivity index (χ2v) is 18.3. The van der Waals surface area contributed by atoms with Crippen LogP contribution in [0.2, 0.25) is 0 Å². The minimum absolute atomic E-state index is 0.000130. The van der Waals surface area contributed by atoms with Gasteiger partial charge in [-0.3, -0.25) is 29.4 Å². The molecule has 0 aliphatic carbocycles. The second kappa shape index (κ2) is 20.0. The van der Waals surface area contributed by atoms with Gasteiger partial charge < -0.3 is 35.7 Å². The van der Waals surface area contributed by atoms with Gasteiger partial charge in [-0.2, -0.15) is 0 Å². The van der Waals surface area contributed by atoms with Crippen molar-refractivity contribution >= 4 is 68.0 Å². The number of ether oxygens (including phenoxy) is 3. The molecule has 18 nitrogen and oxygen atoms in total. The van der Waals surface area contributed by atoms with Crippen LogP contribution in [0.3, 0.4) is 0 Å². The first-order valence-electron chi connectivity index (χ1n) is 23.0. The third-order valence-electron chi connectivity index (χ3n) is 13.1. The van der Waals surface area contributed by atoms with Gasteiger partial charge in [0.15, 0.2) is 5.13 Å². The number of anilines is 2. The van der Waals surface area contributed by atoms with Crippen molar-refractivity contribution in [2.45, 2.75) is 36.3 Å². The molecule has 1 spiro atoms. The van der Waals surface area contributed by atoms with Crippen LogP contribution in [0.25, 0.3) is 10.2 Å². The van der Waals surface area contributed by atoms with Crippen LogP contribution in [-0.2, 0) is 35.9 Å². The van der Waals surface area contributed by atoms with Gasteiger partial charge >= 0.3 is 18.1 Å². The molecule has 0 radical (unpaired) electrons. The van der Waals surface area contributed by atoms with Gasteiger partial charge in [0.1, 0.15) is 36.5 Å². The third-order valence-corrected chi connectivity index (χ3v) is 14.1. The Hall–Kier alpha value is -8.96. The number of hydrogen-bond donors (Lipinski definition) is 4. The molecule has 5 amide bonds. The van der Waals surface area contributed by atoms with Crippen molar-refractivity contribution < 1.29 is 48.2 Å². The van der Waals surface area contributed by atoms with Crippen LogP contribution in [0.15, 0.2) is 152 Å². The van der Waals surface area contributed by atoms with Gasteiger partial charge in [0.2, 0.25) is 11.8 Å². The number of nitro groups is 1. The zero-order valence-electron chi connectivity index (χ0n) is 38.5. The van der Waals surface area contributed by atoms with E-state index in [2.05, 4.69) is 22.5 Å². The number of thiazole rings is 1. The smallest absolute Gasteiger partial charge is 0.421 e. The van der Waals surface area contributed by atoms with Crippen LogP contribution in [0.5, 0.6) is 5.75 Å². The zero-order valence-corrected chi connectivity index (χ0v) is 39.3. The standard InChI is InChI=1S/C54H43N7O11S/c55-51(66)56-27-11-12-32-23-26-40-38(30-32)54(50(65)59(40)53(67)71-31-33-21-24-36(25-22-33)61(68)69)43(48(63)58-52-57-39-18-8-10-20-42(39)73-52)45-49(64)72-46(35-15-5-2-6-16-35)44(34-13-3-1-4-14-34)60(45)47(54)37-17-7-9-19-41(37)70-29-28-62/h1-10,13-26,30,43-47,62H,27-29,31H2,(H3,55,56,66)(H,57,58,63). The summed E-state index contributed by atoms with van der Waals surface area (Å²) in [4.78, 5) is 93.0. The van der Waals surface area contributed by atoms with E-state index in [9.17, 15) is 24.8 Å². The number of aromatic nitrogens is 1. The molecule has 6 atom stereocenters. The number of esters is 1. The lowest BCUT2D eigenvalue weighted by molar-refractivity contribution is -0.384. The van der Waals surface area contributed by atoms with Crippen molar-refractivity contribution in [3.05, 3.63) is 195 Å². The van der Waals surface area contributed by atoms with Crippen molar-refractivity contribution in [3.8, 4) is 17.6 Å². The number of urea groups is 1. The number of nitrogens with one attached hydrogen (secondary N) is 2. The number of para-hydroxylation sites is 2. The molecule has 3 aliphatic heterocycles. The number of imide groups is 1. The van der Waals surface area contributed by atoms with E-state index in [1.165, 1.54) is 41.7 Å². The van der Waals surface area contributed by atoms with Gasteiger partial charge in [-0.1, -0.05) is 114 Å². The number of morpholine rings is 1. The Morgan fingerprint density at radius 1 is 0.877 bits per heavy atom. The SMILES string of the molecule is NC(=O)NCC#Cc1ccc2c(c1)C1(C(=O)N2C(=O)OCc2ccc([N+](=O)[O-])cc2)C(C(=O)Nc2nc3ccccc3s2)C2C(=O)OC(c3ccccc3)C(c3ccccc3)N2C1c1ccccc1OCCO. The number of nitrogens with two attached hydrogens (primary N) is 1. The summed E-state index contributed by atoms with van der Waals surface area (Å²) in [5.74, 6) is 1.72. The van der Waals surface area contributed by atoms with Crippen molar-refractivity contribution in [2.24, 2.45) is 11.7 Å². The normalized spacial score (nSPS) is 20.8. The highest BCUT2D eigenvalue weighted by Crippen LogP contribution is 2.67. The van der Waals surface area contributed by atoms with E-state index in [4.69, 9.17) is 24.9 Å². The van der Waals surface area contributed by atoms with Crippen LogP contribution in [-0.4, -0.2) is 75.6 Å². The summed E-state index contributed by atoms with van der Waals surface area (Å²) in [6.45, 7) is -1.13. The Bertz CT molecular complexity index is 3330. The lowest BCUT2D eigenvalue weighted by Gasteiger charge is -2.46. The first-order valence-corrected chi connectivity index (χ1v) is 23.8. The van der Waals surface area contributed by atoms with Crippen molar-refractivity contribution in [1.29, 1.82) is 0 Å². The highest BCUT2D eigenvalue weighted by Gasteiger charge is 2.76. The maximum atomic E-state index is 16.7. The van der Waals surface area contributed by atoms with E-state index in [1.54, 1.807) is 48.5 Å². The highest BCUT2D eigenvalue weighted by molar-refractivity contribution is 7.22. The van der Waals surface area contributed by atoms with Gasteiger partial charge in [0.05, 0.1) is 52.0 Å². The number of aliphatic hydroxyl groups is 1. The molecule has 2 saturated heterocycles. The average Bonchev–Trinajstić information content (AvgIpc) is 4.05. The van der Waals surface area contributed by atoms with Crippen LogP contribution in [0.4, 0.5) is 26.1 Å². The van der Waals surface area contributed by atoms with Crippen LogP contribution in [0, 0.1) is 27.9 Å². The molecule has 0 bridgehead atoms. The number of aliphatic hydroxyl groups excluding tert-OH is 1. The monoisotopic (exact) mass is 997 g/mol. The van der Waals surface area contributed by atoms with E-state index in [0.717, 1.165) is 9.60 Å². The summed E-state index contributed by atoms with van der Waals surface area (Å²) in [6.07, 6.45) is -2.19.